The fraction of sp³-hybridized carbons (Fsp3) is 0.280. The topological polar surface area (TPSA) is 71.8 Å². The smallest absolute Gasteiger partial charge is 0.262 e. The van der Waals surface area contributed by atoms with Crippen molar-refractivity contribution in [2.45, 2.75) is 33.4 Å². The molecule has 1 N–H and O–H groups in total. The Kier molecular flexibility index (Phi) is 6.18. The molecule has 0 unspecified atom stereocenters. The first-order chi connectivity index (χ1) is 15.0. The lowest BCUT2D eigenvalue weighted by molar-refractivity contribution is -0.118. The van der Waals surface area contributed by atoms with Gasteiger partial charge in [0.05, 0.1) is 6.54 Å². The van der Waals surface area contributed by atoms with Crippen LogP contribution >= 0.6 is 0 Å². The molecule has 2 aromatic carbocycles. The fourth-order valence-corrected chi connectivity index (χ4v) is 3.75. The van der Waals surface area contributed by atoms with Gasteiger partial charge in [-0.05, 0) is 48.6 Å². The number of rotatable bonds is 6. The van der Waals surface area contributed by atoms with Gasteiger partial charge in [0.15, 0.2) is 6.61 Å². The van der Waals surface area contributed by atoms with E-state index in [2.05, 4.69) is 28.4 Å². The number of fused-ring (bicyclic) bond motifs is 1. The number of nitrogens with zero attached hydrogens (tertiary/aromatic N) is 1. The largest absolute Gasteiger partial charge is 0.477 e. The van der Waals surface area contributed by atoms with Gasteiger partial charge < -0.3 is 14.5 Å². The van der Waals surface area contributed by atoms with Crippen molar-refractivity contribution in [1.82, 2.24) is 4.90 Å². The van der Waals surface area contributed by atoms with Gasteiger partial charge in [0.1, 0.15) is 12.0 Å². The third-order valence-electron chi connectivity index (χ3n) is 5.68. The molecule has 1 aliphatic rings. The van der Waals surface area contributed by atoms with Gasteiger partial charge >= 0.3 is 0 Å². The highest BCUT2D eigenvalue weighted by atomic mass is 16.5. The minimum atomic E-state index is -0.329. The molecule has 0 radical (unpaired) electrons. The molecule has 2 heterocycles. The minimum absolute atomic E-state index is 0.0313. The van der Waals surface area contributed by atoms with E-state index in [1.54, 1.807) is 0 Å². The molecule has 0 atom stereocenters. The van der Waals surface area contributed by atoms with E-state index in [0.717, 1.165) is 36.3 Å². The van der Waals surface area contributed by atoms with Gasteiger partial charge in [-0.1, -0.05) is 36.4 Å². The SMILES string of the molecule is Cc1cccc(NC(=O)COc2coc(CN3CCc4ccccc4C3)cc2=O)c1C. The molecule has 1 amide bonds. The molecule has 4 rings (SSSR count). The Balaban J connectivity index is 1.33. The predicted octanol–water partition coefficient (Wildman–Crippen LogP) is 3.83. The van der Waals surface area contributed by atoms with Gasteiger partial charge in [-0.3, -0.25) is 14.5 Å². The Hall–Kier alpha value is -3.38. The molecule has 31 heavy (non-hydrogen) atoms. The van der Waals surface area contributed by atoms with Crippen molar-refractivity contribution in [3.8, 4) is 5.75 Å². The van der Waals surface area contributed by atoms with Crippen LogP contribution in [-0.2, 0) is 24.3 Å². The van der Waals surface area contributed by atoms with Crippen molar-refractivity contribution < 1.29 is 13.9 Å². The fourth-order valence-electron chi connectivity index (χ4n) is 3.75. The van der Waals surface area contributed by atoms with E-state index in [4.69, 9.17) is 9.15 Å². The van der Waals surface area contributed by atoms with Crippen molar-refractivity contribution >= 4 is 11.6 Å². The number of nitrogens with one attached hydrogen (secondary N) is 1. The number of amides is 1. The van der Waals surface area contributed by atoms with Crippen LogP contribution in [0.2, 0.25) is 0 Å². The number of hydrogen-bond acceptors (Lipinski definition) is 5. The summed E-state index contributed by atoms with van der Waals surface area (Å²) in [6, 6.07) is 15.6. The van der Waals surface area contributed by atoms with E-state index >= 15 is 0 Å². The quantitative estimate of drug-likeness (QED) is 0.659. The maximum Gasteiger partial charge on any atom is 0.262 e. The van der Waals surface area contributed by atoms with Crippen LogP contribution in [0.15, 0.2) is 64.0 Å². The van der Waals surface area contributed by atoms with Gasteiger partial charge in [0, 0.05) is 24.8 Å². The first-order valence-electron chi connectivity index (χ1n) is 10.4. The summed E-state index contributed by atoms with van der Waals surface area (Å²) in [5.41, 5.74) is 5.22. The van der Waals surface area contributed by atoms with Gasteiger partial charge in [0.2, 0.25) is 11.2 Å². The lowest BCUT2D eigenvalue weighted by atomic mass is 10.00. The maximum atomic E-state index is 12.4. The highest BCUT2D eigenvalue weighted by Gasteiger charge is 2.17. The third kappa shape index (κ3) is 5.03. The van der Waals surface area contributed by atoms with E-state index in [0.29, 0.717) is 12.3 Å². The summed E-state index contributed by atoms with van der Waals surface area (Å²) >= 11 is 0. The minimum Gasteiger partial charge on any atom is -0.477 e. The second-order valence-electron chi connectivity index (χ2n) is 7.89. The Labute approximate surface area is 181 Å². The first-order valence-corrected chi connectivity index (χ1v) is 10.4. The number of carbonyl (C=O) groups is 1. The molecular weight excluding hydrogens is 392 g/mol. The average molecular weight is 418 g/mol. The number of hydrogen-bond donors (Lipinski definition) is 1. The van der Waals surface area contributed by atoms with E-state index < -0.39 is 0 Å². The lowest BCUT2D eigenvalue weighted by Gasteiger charge is -2.28. The number of carbonyl (C=O) groups excluding carboxylic acids is 1. The zero-order chi connectivity index (χ0) is 21.8. The number of benzene rings is 2. The van der Waals surface area contributed by atoms with Gasteiger partial charge in [0.25, 0.3) is 5.91 Å². The lowest BCUT2D eigenvalue weighted by Crippen LogP contribution is -2.30. The van der Waals surface area contributed by atoms with Crippen LogP contribution < -0.4 is 15.5 Å². The molecule has 6 nitrogen and oxygen atoms in total. The van der Waals surface area contributed by atoms with Crippen molar-refractivity contribution in [1.29, 1.82) is 0 Å². The zero-order valence-corrected chi connectivity index (χ0v) is 17.8. The summed E-state index contributed by atoms with van der Waals surface area (Å²) in [7, 11) is 0. The van der Waals surface area contributed by atoms with Crippen LogP contribution in [0, 0.1) is 13.8 Å². The average Bonchev–Trinajstić information content (AvgIpc) is 2.76. The molecular formula is C25H26N2O4. The Morgan fingerprint density at radius 1 is 1.13 bits per heavy atom. The van der Waals surface area contributed by atoms with Crippen LogP contribution in [0.3, 0.4) is 0 Å². The molecule has 0 saturated heterocycles. The second-order valence-corrected chi connectivity index (χ2v) is 7.89. The Morgan fingerprint density at radius 3 is 2.74 bits per heavy atom. The van der Waals surface area contributed by atoms with Crippen LogP contribution in [-0.4, -0.2) is 24.0 Å². The highest BCUT2D eigenvalue weighted by Crippen LogP contribution is 2.21. The van der Waals surface area contributed by atoms with Crippen molar-refractivity contribution in [2.24, 2.45) is 0 Å². The van der Waals surface area contributed by atoms with Crippen molar-refractivity contribution in [3.63, 3.8) is 0 Å². The number of anilines is 1. The Morgan fingerprint density at radius 2 is 1.94 bits per heavy atom. The molecule has 0 fully saturated rings. The summed E-state index contributed by atoms with van der Waals surface area (Å²) in [5.74, 6) is 0.282. The predicted molar refractivity (Wildman–Crippen MR) is 119 cm³/mol. The van der Waals surface area contributed by atoms with E-state index in [9.17, 15) is 9.59 Å². The zero-order valence-electron chi connectivity index (χ0n) is 17.8. The normalized spacial score (nSPS) is 13.5. The molecule has 1 aromatic heterocycles. The third-order valence-corrected chi connectivity index (χ3v) is 5.68. The molecule has 0 saturated carbocycles. The molecule has 0 spiro atoms. The standard InChI is InChI=1S/C25H26N2O4/c1-17-6-5-9-22(18(17)2)26-25(29)16-31-24-15-30-21(12-23(24)28)14-27-11-10-19-7-3-4-8-20(19)13-27/h3-9,12,15H,10-11,13-14,16H2,1-2H3,(H,26,29). The van der Waals surface area contributed by atoms with Crippen molar-refractivity contribution in [2.75, 3.05) is 18.5 Å². The summed E-state index contributed by atoms with van der Waals surface area (Å²) in [6.07, 6.45) is 2.28. The molecule has 1 aliphatic heterocycles. The maximum absolute atomic E-state index is 12.4. The van der Waals surface area contributed by atoms with Gasteiger partial charge in [-0.25, -0.2) is 0 Å². The first kappa shape index (κ1) is 20.9. The second kappa shape index (κ2) is 9.18. The summed E-state index contributed by atoms with van der Waals surface area (Å²) < 4.78 is 11.0. The van der Waals surface area contributed by atoms with Gasteiger partial charge in [-0.15, -0.1) is 0 Å². The van der Waals surface area contributed by atoms with Crippen LogP contribution in [0.1, 0.15) is 28.0 Å². The summed E-state index contributed by atoms with van der Waals surface area (Å²) in [4.78, 5) is 26.9. The molecule has 0 aliphatic carbocycles. The van der Waals surface area contributed by atoms with E-state index in [1.165, 1.54) is 23.5 Å². The molecule has 3 aromatic rings. The van der Waals surface area contributed by atoms with Gasteiger partial charge in [-0.2, -0.15) is 0 Å². The molecule has 160 valence electrons. The molecule has 6 heteroatoms. The Bertz CT molecular complexity index is 1150. The number of ether oxygens (including phenoxy) is 1. The van der Waals surface area contributed by atoms with Crippen LogP contribution in [0.25, 0.3) is 0 Å². The van der Waals surface area contributed by atoms with E-state index in [1.807, 2.05) is 38.1 Å². The summed E-state index contributed by atoms with van der Waals surface area (Å²) in [6.45, 7) is 5.96. The number of aryl methyl sites for hydroxylation is 1. The molecule has 0 bridgehead atoms. The van der Waals surface area contributed by atoms with Crippen LogP contribution in [0.5, 0.6) is 5.75 Å². The highest BCUT2D eigenvalue weighted by molar-refractivity contribution is 5.92. The summed E-state index contributed by atoms with van der Waals surface area (Å²) in [5, 5.41) is 2.81. The monoisotopic (exact) mass is 418 g/mol. The van der Waals surface area contributed by atoms with Crippen LogP contribution in [0.4, 0.5) is 5.69 Å². The van der Waals surface area contributed by atoms with E-state index in [-0.39, 0.29) is 23.7 Å². The van der Waals surface area contributed by atoms with Crippen molar-refractivity contribution in [3.05, 3.63) is 93.0 Å².